The second-order valence-electron chi connectivity index (χ2n) is 4.71. The van der Waals surface area contributed by atoms with Gasteiger partial charge in [-0.05, 0) is 25.5 Å². The van der Waals surface area contributed by atoms with Crippen LogP contribution in [0.1, 0.15) is 13.3 Å². The topological polar surface area (TPSA) is 68.0 Å². The van der Waals surface area contributed by atoms with Gasteiger partial charge in [0.15, 0.2) is 0 Å². The van der Waals surface area contributed by atoms with Crippen LogP contribution in [0.4, 0.5) is 11.4 Å². The summed E-state index contributed by atoms with van der Waals surface area (Å²) in [6, 6.07) is 7.99. The first-order valence-electron chi connectivity index (χ1n) is 6.27. The van der Waals surface area contributed by atoms with Gasteiger partial charge >= 0.3 is 0 Å². The van der Waals surface area contributed by atoms with E-state index in [0.29, 0.717) is 11.4 Å². The number of hydrogen-bond donors (Lipinski definition) is 2. The summed E-state index contributed by atoms with van der Waals surface area (Å²) in [5, 5.41) is 4.46. The number of benzene rings is 1. The van der Waals surface area contributed by atoms with E-state index in [4.69, 9.17) is 5.73 Å². The van der Waals surface area contributed by atoms with Crippen molar-refractivity contribution in [3.8, 4) is 0 Å². The summed E-state index contributed by atoms with van der Waals surface area (Å²) in [4.78, 5) is 4.31. The summed E-state index contributed by atoms with van der Waals surface area (Å²) in [5.41, 5.74) is 8.45. The number of hydrogen-bond acceptors (Lipinski definition) is 4. The van der Waals surface area contributed by atoms with Gasteiger partial charge in [-0.3, -0.25) is 9.19 Å². The number of nitrogens with two attached hydrogens (primary N) is 1. The highest BCUT2D eigenvalue weighted by Gasteiger charge is 2.08. The lowest BCUT2D eigenvalue weighted by Crippen LogP contribution is -2.18. The Morgan fingerprint density at radius 3 is 2.95 bits per heavy atom. The zero-order valence-corrected chi connectivity index (χ0v) is 12.0. The van der Waals surface area contributed by atoms with E-state index >= 15 is 0 Å². The molecule has 2 unspecified atom stereocenters. The summed E-state index contributed by atoms with van der Waals surface area (Å²) in [5.74, 6) is 0.708. The molecule has 0 aliphatic rings. The van der Waals surface area contributed by atoms with Gasteiger partial charge in [-0.15, -0.1) is 0 Å². The molecule has 2 atom stereocenters. The van der Waals surface area contributed by atoms with Gasteiger partial charge in [0.25, 0.3) is 0 Å². The molecule has 2 rings (SSSR count). The molecular formula is C14H19N3OS. The molecule has 0 saturated carbocycles. The number of fused-ring (bicyclic) bond motifs is 1. The SMILES string of the molecule is CC(CCS(C)=O)Nc1ccnc2c(N)cccc12. The quantitative estimate of drug-likeness (QED) is 0.823. The number of rotatable bonds is 5. The number of para-hydroxylation sites is 1. The normalized spacial score (nSPS) is 14.2. The molecule has 4 nitrogen and oxygen atoms in total. The zero-order chi connectivity index (χ0) is 13.8. The average Bonchev–Trinajstić information content (AvgIpc) is 2.38. The highest BCUT2D eigenvalue weighted by atomic mass is 32.2. The molecule has 19 heavy (non-hydrogen) atoms. The van der Waals surface area contributed by atoms with Crippen molar-refractivity contribution in [2.24, 2.45) is 0 Å². The molecule has 0 bridgehead atoms. The molecule has 1 heterocycles. The smallest absolute Gasteiger partial charge is 0.0951 e. The molecule has 0 spiro atoms. The second-order valence-corrected chi connectivity index (χ2v) is 6.27. The van der Waals surface area contributed by atoms with Crippen LogP contribution in [0.2, 0.25) is 0 Å². The average molecular weight is 277 g/mol. The third-order valence-corrected chi connectivity index (χ3v) is 3.85. The predicted molar refractivity (Wildman–Crippen MR) is 82.8 cm³/mol. The van der Waals surface area contributed by atoms with Gasteiger partial charge in [-0.1, -0.05) is 12.1 Å². The third kappa shape index (κ3) is 3.44. The number of aromatic nitrogens is 1. The number of nitrogen functional groups attached to an aromatic ring is 1. The van der Waals surface area contributed by atoms with Gasteiger partial charge in [0.05, 0.1) is 11.2 Å². The van der Waals surface area contributed by atoms with Gasteiger partial charge in [0.1, 0.15) is 0 Å². The predicted octanol–water partition coefficient (Wildman–Crippen LogP) is 2.39. The number of pyridine rings is 1. The van der Waals surface area contributed by atoms with Crippen LogP contribution in [-0.4, -0.2) is 27.2 Å². The number of nitrogens with one attached hydrogen (secondary N) is 1. The molecule has 3 N–H and O–H groups in total. The van der Waals surface area contributed by atoms with Gasteiger partial charge in [-0.2, -0.15) is 0 Å². The summed E-state index contributed by atoms with van der Waals surface area (Å²) >= 11 is 0. The van der Waals surface area contributed by atoms with Gasteiger partial charge in [0.2, 0.25) is 0 Å². The minimum absolute atomic E-state index is 0.260. The molecule has 0 radical (unpaired) electrons. The molecule has 102 valence electrons. The largest absolute Gasteiger partial charge is 0.397 e. The molecule has 0 saturated heterocycles. The van der Waals surface area contributed by atoms with Crippen molar-refractivity contribution >= 4 is 33.1 Å². The monoisotopic (exact) mass is 277 g/mol. The molecular weight excluding hydrogens is 258 g/mol. The van der Waals surface area contributed by atoms with Crippen LogP contribution < -0.4 is 11.1 Å². The first-order chi connectivity index (χ1) is 9.08. The Balaban J connectivity index is 2.21. The fraction of sp³-hybridized carbons (Fsp3) is 0.357. The molecule has 1 aromatic heterocycles. The van der Waals surface area contributed by atoms with Gasteiger partial charge < -0.3 is 11.1 Å². The lowest BCUT2D eigenvalue weighted by molar-refractivity contribution is 0.678. The van der Waals surface area contributed by atoms with Crippen molar-refractivity contribution < 1.29 is 4.21 Å². The van der Waals surface area contributed by atoms with Crippen molar-refractivity contribution in [3.63, 3.8) is 0 Å². The second kappa shape index (κ2) is 6.02. The number of anilines is 2. The molecule has 1 aromatic carbocycles. The highest BCUT2D eigenvalue weighted by Crippen LogP contribution is 2.26. The maximum atomic E-state index is 11.1. The Hall–Kier alpha value is -1.62. The summed E-state index contributed by atoms with van der Waals surface area (Å²) < 4.78 is 11.1. The molecule has 2 aromatic rings. The van der Waals surface area contributed by atoms with Crippen LogP contribution in [0.25, 0.3) is 10.9 Å². The van der Waals surface area contributed by atoms with Crippen molar-refractivity contribution in [1.29, 1.82) is 0 Å². The Labute approximate surface area is 115 Å². The van der Waals surface area contributed by atoms with Crippen molar-refractivity contribution in [2.45, 2.75) is 19.4 Å². The Kier molecular flexibility index (Phi) is 4.37. The lowest BCUT2D eigenvalue weighted by atomic mass is 10.1. The van der Waals surface area contributed by atoms with E-state index in [1.54, 1.807) is 12.5 Å². The minimum atomic E-state index is -0.747. The van der Waals surface area contributed by atoms with E-state index < -0.39 is 10.8 Å². The van der Waals surface area contributed by atoms with Crippen LogP contribution in [0.15, 0.2) is 30.5 Å². The molecule has 0 aliphatic heterocycles. The summed E-state index contributed by atoms with van der Waals surface area (Å²) in [6.45, 7) is 2.09. The van der Waals surface area contributed by atoms with Gasteiger partial charge in [0, 0.05) is 46.1 Å². The first-order valence-corrected chi connectivity index (χ1v) is 8.00. The molecule has 0 fully saturated rings. The highest BCUT2D eigenvalue weighted by molar-refractivity contribution is 7.84. The summed E-state index contributed by atoms with van der Waals surface area (Å²) in [6.07, 6.45) is 4.36. The Morgan fingerprint density at radius 1 is 1.42 bits per heavy atom. The Bertz CT molecular complexity index is 600. The lowest BCUT2D eigenvalue weighted by Gasteiger charge is -2.16. The van der Waals surface area contributed by atoms with Crippen LogP contribution in [0, 0.1) is 0 Å². The van der Waals surface area contributed by atoms with E-state index in [0.717, 1.165) is 23.0 Å². The van der Waals surface area contributed by atoms with Crippen LogP contribution in [-0.2, 0) is 10.8 Å². The number of nitrogens with zero attached hydrogens (tertiary/aromatic N) is 1. The molecule has 0 aliphatic carbocycles. The van der Waals surface area contributed by atoms with Crippen LogP contribution >= 0.6 is 0 Å². The van der Waals surface area contributed by atoms with Crippen molar-refractivity contribution in [3.05, 3.63) is 30.5 Å². The van der Waals surface area contributed by atoms with E-state index in [1.165, 1.54) is 0 Å². The fourth-order valence-electron chi connectivity index (χ4n) is 2.01. The minimum Gasteiger partial charge on any atom is -0.397 e. The van der Waals surface area contributed by atoms with Gasteiger partial charge in [-0.25, -0.2) is 0 Å². The first kappa shape index (κ1) is 13.8. The Morgan fingerprint density at radius 2 is 2.21 bits per heavy atom. The van der Waals surface area contributed by atoms with Crippen molar-refractivity contribution in [2.75, 3.05) is 23.1 Å². The molecule has 5 heteroatoms. The van der Waals surface area contributed by atoms with E-state index in [1.807, 2.05) is 24.3 Å². The maximum Gasteiger partial charge on any atom is 0.0951 e. The van der Waals surface area contributed by atoms with E-state index in [2.05, 4.69) is 17.2 Å². The standard InChI is InChI=1S/C14H19N3OS/c1-10(7-9-19(2)18)17-13-6-8-16-14-11(13)4-3-5-12(14)15/h3-6,8,10H,7,9,15H2,1-2H3,(H,16,17). The summed E-state index contributed by atoms with van der Waals surface area (Å²) in [7, 11) is -0.747. The maximum absolute atomic E-state index is 11.1. The third-order valence-electron chi connectivity index (χ3n) is 3.04. The fourth-order valence-corrected chi connectivity index (χ4v) is 2.69. The van der Waals surface area contributed by atoms with Crippen LogP contribution in [0.3, 0.4) is 0 Å². The molecule has 0 amide bonds. The van der Waals surface area contributed by atoms with Crippen LogP contribution in [0.5, 0.6) is 0 Å². The van der Waals surface area contributed by atoms with E-state index in [-0.39, 0.29) is 6.04 Å². The van der Waals surface area contributed by atoms with Crippen molar-refractivity contribution in [1.82, 2.24) is 4.98 Å². The van der Waals surface area contributed by atoms with E-state index in [9.17, 15) is 4.21 Å². The zero-order valence-electron chi connectivity index (χ0n) is 11.2.